The van der Waals surface area contributed by atoms with E-state index in [-0.39, 0.29) is 6.61 Å². The van der Waals surface area contributed by atoms with E-state index in [1.807, 2.05) is 0 Å². The minimum Gasteiger partial charge on any atom is -0.490 e. The zero-order valence-corrected chi connectivity index (χ0v) is 8.87. The summed E-state index contributed by atoms with van der Waals surface area (Å²) in [7, 11) is 0. The van der Waals surface area contributed by atoms with Crippen LogP contribution in [0.5, 0.6) is 11.5 Å². The average Bonchev–Trinajstić information content (AvgIpc) is 2.97. The molecule has 1 unspecified atom stereocenters. The first-order valence-electron chi connectivity index (χ1n) is 5.16. The van der Waals surface area contributed by atoms with Crippen LogP contribution in [-0.2, 0) is 6.61 Å². The van der Waals surface area contributed by atoms with Crippen LogP contribution in [0.25, 0.3) is 0 Å². The molecule has 1 aromatic heterocycles. The molecule has 1 atom stereocenters. The van der Waals surface area contributed by atoms with E-state index in [9.17, 15) is 5.11 Å². The molecule has 0 saturated heterocycles. The summed E-state index contributed by atoms with van der Waals surface area (Å²) in [5.74, 6) is 1.78. The maximum atomic E-state index is 9.55. The first-order chi connectivity index (χ1) is 8.33. The third-order valence-electron chi connectivity index (χ3n) is 2.52. The number of hydrogen-bond donors (Lipinski definition) is 1. The third kappa shape index (κ3) is 1.94. The summed E-state index contributed by atoms with van der Waals surface area (Å²) in [4.78, 5) is 3.84. The Morgan fingerprint density at radius 1 is 1.47 bits per heavy atom. The number of hydrogen-bond acceptors (Lipinski definition) is 6. The van der Waals surface area contributed by atoms with E-state index in [0.29, 0.717) is 23.9 Å². The topological polar surface area (TPSA) is 77.6 Å². The van der Waals surface area contributed by atoms with Gasteiger partial charge in [0.25, 0.3) is 0 Å². The van der Waals surface area contributed by atoms with E-state index in [2.05, 4.69) is 14.7 Å². The van der Waals surface area contributed by atoms with Gasteiger partial charge in [0, 0.05) is 11.6 Å². The molecule has 0 aliphatic carbocycles. The largest absolute Gasteiger partial charge is 0.490 e. The molecule has 0 saturated carbocycles. The van der Waals surface area contributed by atoms with Gasteiger partial charge in [-0.15, -0.1) is 0 Å². The molecule has 1 N–H and O–H groups in total. The van der Waals surface area contributed by atoms with Gasteiger partial charge in [0.05, 0.1) is 0 Å². The molecule has 0 radical (unpaired) electrons. The van der Waals surface area contributed by atoms with Gasteiger partial charge in [-0.25, -0.2) is 0 Å². The molecule has 6 heteroatoms. The van der Waals surface area contributed by atoms with Gasteiger partial charge in [0.15, 0.2) is 6.61 Å². The van der Waals surface area contributed by atoms with Gasteiger partial charge in [0.1, 0.15) is 24.2 Å². The molecule has 0 amide bonds. The summed E-state index contributed by atoms with van der Waals surface area (Å²) < 4.78 is 15.4. The number of fused-ring (bicyclic) bond motifs is 1. The van der Waals surface area contributed by atoms with Crippen LogP contribution in [0, 0.1) is 0 Å². The molecule has 1 aliphatic rings. The highest BCUT2D eigenvalue weighted by Gasteiger charge is 2.22. The Bertz CT molecular complexity index is 512. The van der Waals surface area contributed by atoms with Crippen LogP contribution in [0.3, 0.4) is 0 Å². The number of aliphatic hydroxyl groups is 1. The highest BCUT2D eigenvalue weighted by Crippen LogP contribution is 2.35. The van der Waals surface area contributed by atoms with Crippen LogP contribution in [0.15, 0.2) is 29.1 Å². The van der Waals surface area contributed by atoms with Crippen LogP contribution < -0.4 is 9.47 Å². The summed E-state index contributed by atoms with van der Waals surface area (Å²) >= 11 is 0. The predicted octanol–water partition coefficient (Wildman–Crippen LogP) is 1.07. The molecule has 17 heavy (non-hydrogen) atoms. The molecular weight excluding hydrogens is 224 g/mol. The normalized spacial score (nSPS) is 17.6. The molecule has 0 bridgehead atoms. The summed E-state index contributed by atoms with van der Waals surface area (Å²) in [6.07, 6.45) is 0.706. The van der Waals surface area contributed by atoms with Gasteiger partial charge in [-0.3, -0.25) is 0 Å². The highest BCUT2D eigenvalue weighted by atomic mass is 16.5. The number of rotatable bonds is 3. The van der Waals surface area contributed by atoms with Crippen molar-refractivity contribution < 1.29 is 19.1 Å². The van der Waals surface area contributed by atoms with Gasteiger partial charge in [0.2, 0.25) is 12.2 Å². The molecule has 6 nitrogen and oxygen atoms in total. The number of aliphatic hydroxyl groups excluding tert-OH is 1. The van der Waals surface area contributed by atoms with Crippen molar-refractivity contribution in [3.8, 4) is 11.5 Å². The Kier molecular flexibility index (Phi) is 2.41. The fraction of sp³-hybridized carbons (Fsp3) is 0.273. The van der Waals surface area contributed by atoms with Crippen molar-refractivity contribution in [2.75, 3.05) is 6.61 Å². The zero-order chi connectivity index (χ0) is 11.7. The Hall–Kier alpha value is -2.08. The van der Waals surface area contributed by atoms with Crippen molar-refractivity contribution in [2.24, 2.45) is 0 Å². The van der Waals surface area contributed by atoms with Crippen LogP contribution in [0.4, 0.5) is 0 Å². The van der Waals surface area contributed by atoms with Gasteiger partial charge >= 0.3 is 0 Å². The van der Waals surface area contributed by atoms with E-state index in [0.717, 1.165) is 5.56 Å². The predicted molar refractivity (Wildman–Crippen MR) is 55.5 cm³/mol. The highest BCUT2D eigenvalue weighted by molar-refractivity contribution is 5.44. The van der Waals surface area contributed by atoms with Crippen molar-refractivity contribution >= 4 is 0 Å². The Labute approximate surface area is 96.8 Å². The number of nitrogens with zero attached hydrogens (tertiary/aromatic N) is 2. The summed E-state index contributed by atoms with van der Waals surface area (Å²) in [5, 5.41) is 13.2. The first-order valence-corrected chi connectivity index (χ1v) is 5.16. The van der Waals surface area contributed by atoms with E-state index in [4.69, 9.17) is 9.47 Å². The van der Waals surface area contributed by atoms with Crippen molar-refractivity contribution in [1.82, 2.24) is 10.1 Å². The molecule has 0 spiro atoms. The number of benzene rings is 1. The summed E-state index contributed by atoms with van der Waals surface area (Å²) in [6, 6.07) is 5.31. The molecular formula is C11H10N2O4. The lowest BCUT2D eigenvalue weighted by Crippen LogP contribution is -1.97. The van der Waals surface area contributed by atoms with Crippen molar-refractivity contribution in [3.63, 3.8) is 0 Å². The molecule has 1 aliphatic heterocycles. The lowest BCUT2D eigenvalue weighted by Gasteiger charge is -2.05. The number of aromatic nitrogens is 2. The maximum Gasteiger partial charge on any atom is 0.213 e. The van der Waals surface area contributed by atoms with Gasteiger partial charge in [-0.1, -0.05) is 5.16 Å². The third-order valence-corrected chi connectivity index (χ3v) is 2.52. The molecule has 2 heterocycles. The Morgan fingerprint density at radius 3 is 3.24 bits per heavy atom. The maximum absolute atomic E-state index is 9.55. The Morgan fingerprint density at radius 2 is 2.41 bits per heavy atom. The van der Waals surface area contributed by atoms with Gasteiger partial charge in [-0.05, 0) is 12.1 Å². The molecule has 2 aromatic rings. The number of ether oxygens (including phenoxy) is 2. The second-order valence-corrected chi connectivity index (χ2v) is 3.66. The summed E-state index contributed by atoms with van der Waals surface area (Å²) in [5.41, 5.74) is 0.789. The van der Waals surface area contributed by atoms with E-state index < -0.39 is 6.10 Å². The SMILES string of the molecule is OC1COc2cc(OCc3ncon3)ccc21. The van der Waals surface area contributed by atoms with Crippen molar-refractivity contribution in [1.29, 1.82) is 0 Å². The Balaban J connectivity index is 1.72. The molecule has 3 rings (SSSR count). The van der Waals surface area contributed by atoms with Crippen LogP contribution >= 0.6 is 0 Å². The molecule has 1 aromatic carbocycles. The monoisotopic (exact) mass is 234 g/mol. The van der Waals surface area contributed by atoms with Crippen LogP contribution in [0.2, 0.25) is 0 Å². The van der Waals surface area contributed by atoms with E-state index >= 15 is 0 Å². The van der Waals surface area contributed by atoms with E-state index in [1.54, 1.807) is 18.2 Å². The van der Waals surface area contributed by atoms with Crippen LogP contribution in [-0.4, -0.2) is 21.9 Å². The second-order valence-electron chi connectivity index (χ2n) is 3.66. The fourth-order valence-corrected chi connectivity index (χ4v) is 1.67. The molecule has 88 valence electrons. The first kappa shape index (κ1) is 10.1. The minimum atomic E-state index is -0.545. The van der Waals surface area contributed by atoms with Gasteiger partial charge < -0.3 is 19.1 Å². The lowest BCUT2D eigenvalue weighted by atomic mass is 10.1. The fourth-order valence-electron chi connectivity index (χ4n) is 1.67. The quantitative estimate of drug-likeness (QED) is 0.856. The zero-order valence-electron chi connectivity index (χ0n) is 8.87. The van der Waals surface area contributed by atoms with Crippen molar-refractivity contribution in [2.45, 2.75) is 12.7 Å². The second kappa shape index (κ2) is 4.06. The van der Waals surface area contributed by atoms with Gasteiger partial charge in [-0.2, -0.15) is 4.98 Å². The van der Waals surface area contributed by atoms with Crippen molar-refractivity contribution in [3.05, 3.63) is 36.0 Å². The van der Waals surface area contributed by atoms with E-state index in [1.165, 1.54) is 6.39 Å². The molecule has 0 fully saturated rings. The van der Waals surface area contributed by atoms with Crippen LogP contribution in [0.1, 0.15) is 17.5 Å². The standard InChI is InChI=1S/C11H10N2O4/c14-9-4-16-10-3-7(1-2-8(9)10)15-5-11-12-6-17-13-11/h1-3,6,9,14H,4-5H2. The average molecular weight is 234 g/mol. The lowest BCUT2D eigenvalue weighted by molar-refractivity contribution is 0.140. The minimum absolute atomic E-state index is 0.234. The summed E-state index contributed by atoms with van der Waals surface area (Å²) in [6.45, 7) is 0.529. The smallest absolute Gasteiger partial charge is 0.213 e.